The molecule has 2 aromatic heterocycles. The van der Waals surface area contributed by atoms with Crippen molar-refractivity contribution < 1.29 is 4.79 Å². The van der Waals surface area contributed by atoms with Gasteiger partial charge in [-0.05, 0) is 41.9 Å². The van der Waals surface area contributed by atoms with Gasteiger partial charge in [0.15, 0.2) is 11.2 Å². The standard InChI is InChI=1S/C32H35N7O3/c1-36-29-28(30(41)39(32(36)42)20-27(40)34-25-16-22-11-5-6-12-23(22)17-25)38(14-7-10-21-8-3-2-4-9-21)31(35-29)37-15-13-24-18-33-19-26(24)37/h2-12,24-26,33H,13-20H2,1H3,(H,34,40). The number of hydrogen-bond donors (Lipinski definition) is 2. The van der Waals surface area contributed by atoms with Crippen molar-refractivity contribution in [3.8, 4) is 0 Å². The van der Waals surface area contributed by atoms with E-state index in [1.807, 2.05) is 59.2 Å². The van der Waals surface area contributed by atoms with E-state index in [0.29, 0.717) is 35.6 Å². The van der Waals surface area contributed by atoms with Crippen molar-refractivity contribution >= 4 is 29.1 Å². The highest BCUT2D eigenvalue weighted by Crippen LogP contribution is 2.33. The number of rotatable bonds is 7. The maximum atomic E-state index is 14.0. The lowest BCUT2D eigenvalue weighted by Crippen LogP contribution is -2.45. The van der Waals surface area contributed by atoms with Gasteiger partial charge < -0.3 is 20.1 Å². The molecule has 2 atom stereocenters. The lowest BCUT2D eigenvalue weighted by atomic mass is 10.1. The van der Waals surface area contributed by atoms with E-state index >= 15 is 0 Å². The summed E-state index contributed by atoms with van der Waals surface area (Å²) in [5, 5.41) is 6.52. The average molecular weight is 566 g/mol. The van der Waals surface area contributed by atoms with Gasteiger partial charge in [0.2, 0.25) is 11.9 Å². The van der Waals surface area contributed by atoms with Gasteiger partial charge in [-0.3, -0.25) is 14.2 Å². The summed E-state index contributed by atoms with van der Waals surface area (Å²) < 4.78 is 4.36. The van der Waals surface area contributed by atoms with E-state index in [-0.39, 0.29) is 18.5 Å². The van der Waals surface area contributed by atoms with Gasteiger partial charge >= 0.3 is 5.69 Å². The summed E-state index contributed by atoms with van der Waals surface area (Å²) >= 11 is 0. The maximum absolute atomic E-state index is 14.0. The molecule has 3 aliphatic rings. The van der Waals surface area contributed by atoms with Crippen LogP contribution in [0, 0.1) is 5.92 Å². The minimum atomic E-state index is -0.546. The van der Waals surface area contributed by atoms with Crippen LogP contribution in [-0.4, -0.2) is 56.3 Å². The third-order valence-corrected chi connectivity index (χ3v) is 9.03. The number of carbonyl (C=O) groups excluding carboxylic acids is 1. The van der Waals surface area contributed by atoms with Crippen LogP contribution >= 0.6 is 0 Å². The summed E-state index contributed by atoms with van der Waals surface area (Å²) in [5.74, 6) is 0.877. The van der Waals surface area contributed by atoms with E-state index in [0.717, 1.165) is 49.0 Å². The minimum absolute atomic E-state index is 0.0541. The molecule has 0 spiro atoms. The second-order valence-electron chi connectivity index (χ2n) is 11.6. The van der Waals surface area contributed by atoms with Crippen LogP contribution in [0.4, 0.5) is 5.95 Å². The number of amides is 1. The lowest BCUT2D eigenvalue weighted by molar-refractivity contribution is -0.122. The Kier molecular flexibility index (Phi) is 6.78. The van der Waals surface area contributed by atoms with Crippen LogP contribution in [0.5, 0.6) is 0 Å². The van der Waals surface area contributed by atoms with Crippen molar-refractivity contribution in [2.24, 2.45) is 13.0 Å². The molecule has 0 saturated carbocycles. The second kappa shape index (κ2) is 10.8. The van der Waals surface area contributed by atoms with Crippen molar-refractivity contribution in [1.29, 1.82) is 0 Å². The van der Waals surface area contributed by atoms with Crippen LogP contribution in [-0.2, 0) is 37.8 Å². The number of aryl methyl sites for hydroxylation is 1. The first-order chi connectivity index (χ1) is 20.5. The summed E-state index contributed by atoms with van der Waals surface area (Å²) in [4.78, 5) is 47.8. The van der Waals surface area contributed by atoms with Crippen molar-refractivity contribution in [2.75, 3.05) is 24.5 Å². The van der Waals surface area contributed by atoms with Crippen LogP contribution in [0.25, 0.3) is 17.2 Å². The Morgan fingerprint density at radius 3 is 2.52 bits per heavy atom. The topological polar surface area (TPSA) is 106 Å². The van der Waals surface area contributed by atoms with Gasteiger partial charge in [-0.1, -0.05) is 66.7 Å². The largest absolute Gasteiger partial charge is 0.351 e. The van der Waals surface area contributed by atoms with Crippen molar-refractivity contribution in [3.63, 3.8) is 0 Å². The number of nitrogens with one attached hydrogen (secondary N) is 2. The number of benzene rings is 2. The van der Waals surface area contributed by atoms with E-state index in [9.17, 15) is 14.4 Å². The van der Waals surface area contributed by atoms with E-state index < -0.39 is 11.2 Å². The molecule has 42 heavy (non-hydrogen) atoms. The molecule has 2 unspecified atom stereocenters. The Morgan fingerprint density at radius 2 is 1.76 bits per heavy atom. The lowest BCUT2D eigenvalue weighted by Gasteiger charge is -2.25. The van der Waals surface area contributed by atoms with Gasteiger partial charge in [0.05, 0.1) is 0 Å². The van der Waals surface area contributed by atoms with E-state index in [1.54, 1.807) is 7.05 Å². The Bertz CT molecular complexity index is 1780. The number of aromatic nitrogens is 4. The molecule has 2 aromatic carbocycles. The summed E-state index contributed by atoms with van der Waals surface area (Å²) in [6, 6.07) is 18.4. The van der Waals surface area contributed by atoms with Crippen LogP contribution < -0.4 is 26.8 Å². The zero-order valence-corrected chi connectivity index (χ0v) is 23.7. The third-order valence-electron chi connectivity index (χ3n) is 9.03. The first kappa shape index (κ1) is 26.5. The monoisotopic (exact) mass is 565 g/mol. The molecular weight excluding hydrogens is 530 g/mol. The smallest absolute Gasteiger partial charge is 0.332 e. The number of hydrogen-bond acceptors (Lipinski definition) is 6. The van der Waals surface area contributed by atoms with Crippen LogP contribution in [0.2, 0.25) is 0 Å². The third kappa shape index (κ3) is 4.65. The summed E-state index contributed by atoms with van der Waals surface area (Å²) in [6.07, 6.45) is 6.57. The molecule has 1 aliphatic carbocycles. The number of allylic oxidation sites excluding steroid dienone is 1. The molecule has 2 saturated heterocycles. The molecule has 7 rings (SSSR count). The van der Waals surface area contributed by atoms with E-state index in [2.05, 4.69) is 27.7 Å². The van der Waals surface area contributed by atoms with Gasteiger partial charge in [-0.25, -0.2) is 9.36 Å². The predicted octanol–water partition coefficient (Wildman–Crippen LogP) is 1.69. The van der Waals surface area contributed by atoms with Gasteiger partial charge in [-0.2, -0.15) is 4.98 Å². The van der Waals surface area contributed by atoms with E-state index in [1.165, 1.54) is 15.7 Å². The molecule has 2 N–H and O–H groups in total. The molecule has 216 valence electrons. The SMILES string of the molecule is Cn1c(=O)n(CC(=O)NC2Cc3ccccc3C2)c(=O)c2c1nc(N1CCC3CNCC31)n2CC=Cc1ccccc1. The summed E-state index contributed by atoms with van der Waals surface area (Å²) in [7, 11) is 1.62. The van der Waals surface area contributed by atoms with Gasteiger partial charge in [0.1, 0.15) is 6.54 Å². The molecule has 2 aliphatic heterocycles. The first-order valence-corrected chi connectivity index (χ1v) is 14.7. The summed E-state index contributed by atoms with van der Waals surface area (Å²) in [5.41, 5.74) is 3.13. The summed E-state index contributed by atoms with van der Waals surface area (Å²) in [6.45, 7) is 2.75. The zero-order chi connectivity index (χ0) is 28.8. The van der Waals surface area contributed by atoms with Crippen molar-refractivity contribution in [3.05, 3.63) is 98.2 Å². The number of anilines is 1. The normalized spacial score (nSPS) is 20.1. The molecule has 1 amide bonds. The quantitative estimate of drug-likeness (QED) is 0.353. The predicted molar refractivity (Wildman–Crippen MR) is 163 cm³/mol. The fourth-order valence-electron chi connectivity index (χ4n) is 6.93. The Labute approximate surface area is 243 Å². The Hall–Kier alpha value is -4.44. The molecule has 10 nitrogen and oxygen atoms in total. The second-order valence-corrected chi connectivity index (χ2v) is 11.6. The van der Waals surface area contributed by atoms with Crippen LogP contribution in [0.15, 0.2) is 70.3 Å². The molecule has 2 fully saturated rings. The molecule has 0 radical (unpaired) electrons. The molecule has 4 heterocycles. The Balaban J connectivity index is 1.24. The minimum Gasteiger partial charge on any atom is -0.351 e. The number of carbonyl (C=O) groups is 1. The average Bonchev–Trinajstić information content (AvgIpc) is 3.77. The molecule has 4 aromatic rings. The van der Waals surface area contributed by atoms with E-state index in [4.69, 9.17) is 4.98 Å². The van der Waals surface area contributed by atoms with Gasteiger partial charge in [-0.15, -0.1) is 0 Å². The fraction of sp³-hybridized carbons (Fsp3) is 0.375. The maximum Gasteiger partial charge on any atom is 0.332 e. The van der Waals surface area contributed by atoms with Gasteiger partial charge in [0, 0.05) is 45.3 Å². The number of imidazole rings is 1. The van der Waals surface area contributed by atoms with Crippen LogP contribution in [0.3, 0.4) is 0 Å². The molecule has 0 bridgehead atoms. The highest BCUT2D eigenvalue weighted by molar-refractivity contribution is 5.78. The van der Waals surface area contributed by atoms with Crippen molar-refractivity contribution in [1.82, 2.24) is 29.3 Å². The molecular formula is C32H35N7O3. The molecule has 10 heteroatoms. The Morgan fingerprint density at radius 1 is 1.02 bits per heavy atom. The zero-order valence-electron chi connectivity index (χ0n) is 23.7. The highest BCUT2D eigenvalue weighted by atomic mass is 16.2. The number of nitrogens with zero attached hydrogens (tertiary/aromatic N) is 5. The highest BCUT2D eigenvalue weighted by Gasteiger charge is 2.40. The fourth-order valence-corrected chi connectivity index (χ4v) is 6.93. The number of fused-ring (bicyclic) bond motifs is 3. The van der Waals surface area contributed by atoms with Crippen molar-refractivity contribution in [2.45, 2.75) is 44.4 Å². The van der Waals surface area contributed by atoms with Gasteiger partial charge in [0.25, 0.3) is 5.56 Å². The van der Waals surface area contributed by atoms with Crippen LogP contribution in [0.1, 0.15) is 23.1 Å². The first-order valence-electron chi connectivity index (χ1n) is 14.7.